The largest absolute Gasteiger partial charge is 0.396 e. The van der Waals surface area contributed by atoms with Crippen molar-refractivity contribution in [2.75, 3.05) is 18.5 Å². The van der Waals surface area contributed by atoms with Gasteiger partial charge in [0.2, 0.25) is 0 Å². The highest BCUT2D eigenvalue weighted by atomic mass is 16.3. The van der Waals surface area contributed by atoms with E-state index < -0.39 is 0 Å². The number of hydrogen-bond donors (Lipinski definition) is 2. The molecular weight excluding hydrogens is 236 g/mol. The van der Waals surface area contributed by atoms with Crippen molar-refractivity contribution in [3.63, 3.8) is 0 Å². The van der Waals surface area contributed by atoms with E-state index in [0.29, 0.717) is 0 Å². The van der Waals surface area contributed by atoms with Crippen LogP contribution in [0.3, 0.4) is 0 Å². The minimum absolute atomic E-state index is 0.0738. The van der Waals surface area contributed by atoms with Crippen LogP contribution >= 0.6 is 0 Å². The summed E-state index contributed by atoms with van der Waals surface area (Å²) < 4.78 is 0. The molecule has 0 saturated heterocycles. The summed E-state index contributed by atoms with van der Waals surface area (Å²) in [6.07, 6.45) is 6.56. The van der Waals surface area contributed by atoms with Crippen molar-refractivity contribution in [2.45, 2.75) is 25.7 Å². The van der Waals surface area contributed by atoms with Crippen LogP contribution in [0.1, 0.15) is 25.7 Å². The summed E-state index contributed by atoms with van der Waals surface area (Å²) in [7, 11) is 0. The molecule has 3 rings (SSSR count). The molecule has 2 N–H and O–H groups in total. The van der Waals surface area contributed by atoms with Crippen molar-refractivity contribution in [1.29, 1.82) is 0 Å². The van der Waals surface area contributed by atoms with Crippen LogP contribution < -0.4 is 5.32 Å². The molecule has 1 aromatic carbocycles. The first-order valence-corrected chi connectivity index (χ1v) is 7.02. The summed E-state index contributed by atoms with van der Waals surface area (Å²) in [6, 6.07) is 10.2. The third kappa shape index (κ3) is 2.43. The van der Waals surface area contributed by atoms with Crippen LogP contribution in [0.25, 0.3) is 10.9 Å². The van der Waals surface area contributed by atoms with Gasteiger partial charge in [-0.2, -0.15) is 0 Å². The molecule has 0 amide bonds. The first kappa shape index (κ1) is 12.4. The normalized spacial score (nSPS) is 17.7. The summed E-state index contributed by atoms with van der Waals surface area (Å²) in [5.74, 6) is 0. The fourth-order valence-electron chi connectivity index (χ4n) is 3.05. The van der Waals surface area contributed by atoms with Crippen molar-refractivity contribution < 1.29 is 5.11 Å². The number of benzene rings is 1. The van der Waals surface area contributed by atoms with E-state index in [1.807, 2.05) is 30.5 Å². The molecule has 19 heavy (non-hydrogen) atoms. The number of hydrogen-bond acceptors (Lipinski definition) is 3. The van der Waals surface area contributed by atoms with Crippen molar-refractivity contribution in [1.82, 2.24) is 4.98 Å². The molecule has 0 aliphatic heterocycles. The smallest absolute Gasteiger partial charge is 0.0722 e. The van der Waals surface area contributed by atoms with Gasteiger partial charge < -0.3 is 10.4 Å². The average Bonchev–Trinajstić information content (AvgIpc) is 2.94. The molecule has 1 aliphatic carbocycles. The predicted octanol–water partition coefficient (Wildman–Crippen LogP) is 3.20. The number of anilines is 1. The molecule has 3 nitrogen and oxygen atoms in total. The zero-order valence-corrected chi connectivity index (χ0v) is 11.1. The fraction of sp³-hybridized carbons (Fsp3) is 0.438. The molecular formula is C16H20N2O. The number of nitrogens with zero attached hydrogens (tertiary/aromatic N) is 1. The second kappa shape index (κ2) is 5.17. The van der Waals surface area contributed by atoms with E-state index in [1.54, 1.807) is 0 Å². The Bertz CT molecular complexity index is 556. The molecule has 1 heterocycles. The first-order chi connectivity index (χ1) is 9.33. The molecule has 3 heteroatoms. The number of rotatable bonds is 4. The lowest BCUT2D eigenvalue weighted by molar-refractivity contribution is 0.142. The number of fused-ring (bicyclic) bond motifs is 1. The van der Waals surface area contributed by atoms with Gasteiger partial charge in [0.15, 0.2) is 0 Å². The van der Waals surface area contributed by atoms with Crippen molar-refractivity contribution >= 4 is 16.6 Å². The summed E-state index contributed by atoms with van der Waals surface area (Å²) in [4.78, 5) is 4.37. The number of aliphatic hydroxyl groups is 1. The number of nitrogens with one attached hydrogen (secondary N) is 1. The molecule has 100 valence electrons. The van der Waals surface area contributed by atoms with Crippen LogP contribution in [-0.4, -0.2) is 23.2 Å². The average molecular weight is 256 g/mol. The Labute approximate surface area is 113 Å². The van der Waals surface area contributed by atoms with Gasteiger partial charge in [-0.05, 0) is 25.0 Å². The highest BCUT2D eigenvalue weighted by Gasteiger charge is 2.32. The van der Waals surface area contributed by atoms with Crippen molar-refractivity contribution in [3.05, 3.63) is 36.5 Å². The molecule has 0 atom stereocenters. The molecule has 0 radical (unpaired) electrons. The number of para-hydroxylation sites is 1. The third-order valence-electron chi connectivity index (χ3n) is 4.30. The summed E-state index contributed by atoms with van der Waals surface area (Å²) in [5.41, 5.74) is 2.20. The van der Waals surface area contributed by atoms with Gasteiger partial charge in [0, 0.05) is 29.2 Å². The first-order valence-electron chi connectivity index (χ1n) is 7.02. The van der Waals surface area contributed by atoms with E-state index in [9.17, 15) is 5.11 Å². The van der Waals surface area contributed by atoms with E-state index in [4.69, 9.17) is 0 Å². The van der Waals surface area contributed by atoms with E-state index >= 15 is 0 Å². The lowest BCUT2D eigenvalue weighted by Crippen LogP contribution is -2.30. The monoisotopic (exact) mass is 256 g/mol. The van der Waals surface area contributed by atoms with Gasteiger partial charge in [0.25, 0.3) is 0 Å². The van der Waals surface area contributed by atoms with Crippen LogP contribution in [0.4, 0.5) is 5.69 Å². The molecule has 0 bridgehead atoms. The second-order valence-corrected chi connectivity index (χ2v) is 5.59. The second-order valence-electron chi connectivity index (χ2n) is 5.59. The van der Waals surface area contributed by atoms with Crippen LogP contribution in [0.5, 0.6) is 0 Å². The van der Waals surface area contributed by atoms with Gasteiger partial charge in [-0.25, -0.2) is 0 Å². The van der Waals surface area contributed by atoms with Gasteiger partial charge in [-0.15, -0.1) is 0 Å². The maximum absolute atomic E-state index is 9.66. The maximum atomic E-state index is 9.66. The lowest BCUT2D eigenvalue weighted by Gasteiger charge is -2.27. The Morgan fingerprint density at radius 1 is 1.16 bits per heavy atom. The molecule has 1 fully saturated rings. The van der Waals surface area contributed by atoms with Crippen LogP contribution in [0, 0.1) is 5.41 Å². The Morgan fingerprint density at radius 3 is 2.74 bits per heavy atom. The zero-order chi connectivity index (χ0) is 13.1. The number of aromatic nitrogens is 1. The minimum Gasteiger partial charge on any atom is -0.396 e. The SMILES string of the molecule is OCC1(CNc2ccnc3ccccc23)CCCC1. The maximum Gasteiger partial charge on any atom is 0.0722 e. The molecule has 0 unspecified atom stereocenters. The molecule has 0 spiro atoms. The van der Waals surface area contributed by atoms with Gasteiger partial charge in [-0.1, -0.05) is 31.0 Å². The predicted molar refractivity (Wildman–Crippen MR) is 78.2 cm³/mol. The summed E-state index contributed by atoms with van der Waals surface area (Å²) in [6.45, 7) is 1.13. The van der Waals surface area contributed by atoms with Crippen LogP contribution in [0.15, 0.2) is 36.5 Å². The Hall–Kier alpha value is -1.61. The molecule has 1 aromatic heterocycles. The van der Waals surface area contributed by atoms with E-state index in [1.165, 1.54) is 12.8 Å². The van der Waals surface area contributed by atoms with Crippen molar-refractivity contribution in [2.24, 2.45) is 5.41 Å². The Morgan fingerprint density at radius 2 is 1.95 bits per heavy atom. The van der Waals surface area contributed by atoms with Gasteiger partial charge >= 0.3 is 0 Å². The standard InChI is InChI=1S/C16H20N2O/c19-12-16(8-3-4-9-16)11-18-15-7-10-17-14-6-2-1-5-13(14)15/h1-2,5-7,10,19H,3-4,8-9,11-12H2,(H,17,18). The van der Waals surface area contributed by atoms with E-state index in [0.717, 1.165) is 36.0 Å². The van der Waals surface area contributed by atoms with Gasteiger partial charge in [0.05, 0.1) is 12.1 Å². The highest BCUT2D eigenvalue weighted by molar-refractivity contribution is 5.90. The summed E-state index contributed by atoms with van der Waals surface area (Å²) >= 11 is 0. The van der Waals surface area contributed by atoms with Gasteiger partial charge in [0.1, 0.15) is 0 Å². The zero-order valence-electron chi connectivity index (χ0n) is 11.1. The lowest BCUT2D eigenvalue weighted by atomic mass is 9.87. The molecule has 1 saturated carbocycles. The highest BCUT2D eigenvalue weighted by Crippen LogP contribution is 2.38. The summed E-state index contributed by atoms with van der Waals surface area (Å²) in [5, 5.41) is 14.3. The third-order valence-corrected chi connectivity index (χ3v) is 4.30. The van der Waals surface area contributed by atoms with Crippen LogP contribution in [-0.2, 0) is 0 Å². The minimum atomic E-state index is 0.0738. The topological polar surface area (TPSA) is 45.1 Å². The Kier molecular flexibility index (Phi) is 3.38. The quantitative estimate of drug-likeness (QED) is 0.883. The van der Waals surface area contributed by atoms with E-state index in [2.05, 4.69) is 16.4 Å². The molecule has 2 aromatic rings. The van der Waals surface area contributed by atoms with E-state index in [-0.39, 0.29) is 12.0 Å². The Balaban J connectivity index is 1.82. The molecule has 1 aliphatic rings. The van der Waals surface area contributed by atoms with Crippen molar-refractivity contribution in [3.8, 4) is 0 Å². The fourth-order valence-corrected chi connectivity index (χ4v) is 3.05. The van der Waals surface area contributed by atoms with Crippen LogP contribution in [0.2, 0.25) is 0 Å². The van der Waals surface area contributed by atoms with Gasteiger partial charge in [-0.3, -0.25) is 4.98 Å². The number of aliphatic hydroxyl groups excluding tert-OH is 1. The number of pyridine rings is 1.